The lowest BCUT2D eigenvalue weighted by Crippen LogP contribution is -1.96. The molecule has 1 aromatic carbocycles. The minimum Gasteiger partial charge on any atom is -0.440 e. The Morgan fingerprint density at radius 3 is 2.18 bits per heavy atom. The van der Waals surface area contributed by atoms with Crippen molar-refractivity contribution in [3.05, 3.63) is 35.4 Å². The van der Waals surface area contributed by atoms with Crippen molar-refractivity contribution in [3.8, 4) is 0 Å². The van der Waals surface area contributed by atoms with Gasteiger partial charge in [0.25, 0.3) is 8.05 Å². The van der Waals surface area contributed by atoms with E-state index in [1.165, 1.54) is 5.56 Å². The van der Waals surface area contributed by atoms with Gasteiger partial charge in [0.1, 0.15) is 0 Å². The van der Waals surface area contributed by atoms with Gasteiger partial charge in [-0.1, -0.05) is 24.3 Å². The van der Waals surface area contributed by atoms with Gasteiger partial charge >= 0.3 is 0 Å². The molecule has 0 amide bonds. The summed E-state index contributed by atoms with van der Waals surface area (Å²) in [5, 5.41) is 0. The van der Waals surface area contributed by atoms with Crippen molar-refractivity contribution in [3.63, 3.8) is 0 Å². The topological polar surface area (TPSA) is 35.2 Å². The van der Waals surface area contributed by atoms with Crippen molar-refractivity contribution in [1.82, 2.24) is 0 Å². The Morgan fingerprint density at radius 2 is 1.73 bits per heavy atom. The molecule has 1 aromatic rings. The molecule has 0 unspecified atom stereocenters. The second-order valence-electron chi connectivity index (χ2n) is 2.45. The van der Waals surface area contributed by atoms with Gasteiger partial charge in [0.15, 0.2) is 0 Å². The van der Waals surface area contributed by atoms with Crippen LogP contribution in [0.3, 0.4) is 0 Å². The largest absolute Gasteiger partial charge is 0.440 e. The number of hydrogen-bond acceptors (Lipinski definition) is 2. The van der Waals surface area contributed by atoms with Gasteiger partial charge in [-0.15, -0.1) is 0 Å². The third-order valence-corrected chi connectivity index (χ3v) is 1.57. The molecule has 0 spiro atoms. The molecule has 0 heterocycles. The quantitative estimate of drug-likeness (QED) is 0.623. The Balaban J connectivity index is 2.66. The summed E-state index contributed by atoms with van der Waals surface area (Å²) in [6.07, 6.45) is 0. The molecular weight excluding hydrogens is 137 g/mol. The molecule has 0 radical (unpaired) electrons. The summed E-state index contributed by atoms with van der Waals surface area (Å²) in [5.41, 5.74) is 7.78. The van der Waals surface area contributed by atoms with E-state index in [1.54, 1.807) is 8.05 Å². The first-order valence-corrected chi connectivity index (χ1v) is 3.63. The van der Waals surface area contributed by atoms with Crippen LogP contribution in [0.2, 0.25) is 0 Å². The predicted molar refractivity (Wildman–Crippen MR) is 47.7 cm³/mol. The summed E-state index contributed by atoms with van der Waals surface area (Å²) in [7, 11) is 1.69. The molecule has 0 aliphatic rings. The van der Waals surface area contributed by atoms with E-state index in [2.05, 4.69) is 0 Å². The summed E-state index contributed by atoms with van der Waals surface area (Å²) in [6, 6.07) is 8.11. The van der Waals surface area contributed by atoms with E-state index in [0.717, 1.165) is 5.56 Å². The SMILES string of the molecule is BOCc1ccc(CN)cc1. The third kappa shape index (κ3) is 2.37. The minimum absolute atomic E-state index is 0.604. The first-order valence-electron chi connectivity index (χ1n) is 3.63. The van der Waals surface area contributed by atoms with Crippen LogP contribution >= 0.6 is 0 Å². The number of benzene rings is 1. The van der Waals surface area contributed by atoms with Gasteiger partial charge in [-0.3, -0.25) is 0 Å². The fourth-order valence-corrected chi connectivity index (χ4v) is 0.938. The zero-order chi connectivity index (χ0) is 8.10. The molecule has 58 valence electrons. The lowest BCUT2D eigenvalue weighted by Gasteiger charge is -2.00. The van der Waals surface area contributed by atoms with Crippen LogP contribution in [0.25, 0.3) is 0 Å². The maximum Gasteiger partial charge on any atom is 0.257 e. The Bertz CT molecular complexity index is 210. The second kappa shape index (κ2) is 4.16. The fraction of sp³-hybridized carbons (Fsp3) is 0.250. The molecule has 11 heavy (non-hydrogen) atoms. The molecule has 1 rings (SSSR count). The van der Waals surface area contributed by atoms with Crippen LogP contribution in [-0.4, -0.2) is 8.05 Å². The molecule has 2 N–H and O–H groups in total. The van der Waals surface area contributed by atoms with Gasteiger partial charge in [0.05, 0.1) is 6.61 Å². The molecule has 0 fully saturated rings. The average molecular weight is 149 g/mol. The normalized spacial score (nSPS) is 9.91. The summed E-state index contributed by atoms with van der Waals surface area (Å²) in [4.78, 5) is 0. The summed E-state index contributed by atoms with van der Waals surface area (Å²) in [5.74, 6) is 0. The van der Waals surface area contributed by atoms with Crippen LogP contribution < -0.4 is 5.73 Å². The first-order chi connectivity index (χ1) is 5.36. The van der Waals surface area contributed by atoms with Gasteiger partial charge in [-0.2, -0.15) is 0 Å². The Hall–Kier alpha value is -0.795. The molecule has 0 aromatic heterocycles. The van der Waals surface area contributed by atoms with E-state index in [9.17, 15) is 0 Å². The molecule has 3 heteroatoms. The van der Waals surface area contributed by atoms with Crippen molar-refractivity contribution < 1.29 is 4.65 Å². The van der Waals surface area contributed by atoms with Crippen molar-refractivity contribution in [1.29, 1.82) is 0 Å². The lowest BCUT2D eigenvalue weighted by molar-refractivity contribution is 0.338. The second-order valence-corrected chi connectivity index (χ2v) is 2.45. The van der Waals surface area contributed by atoms with E-state index in [0.29, 0.717) is 13.2 Å². The van der Waals surface area contributed by atoms with Gasteiger partial charge in [0.2, 0.25) is 0 Å². The lowest BCUT2D eigenvalue weighted by atomic mass is 10.1. The summed E-state index contributed by atoms with van der Waals surface area (Å²) < 4.78 is 4.97. The Kier molecular flexibility index (Phi) is 3.14. The van der Waals surface area contributed by atoms with E-state index in [1.807, 2.05) is 24.3 Å². The Morgan fingerprint density at radius 1 is 1.18 bits per heavy atom. The van der Waals surface area contributed by atoms with Gasteiger partial charge in [0, 0.05) is 6.54 Å². The molecule has 0 saturated carbocycles. The van der Waals surface area contributed by atoms with Crippen LogP contribution in [-0.2, 0) is 17.8 Å². The Labute approximate surface area is 67.8 Å². The highest BCUT2D eigenvalue weighted by Crippen LogP contribution is 2.03. The zero-order valence-electron chi connectivity index (χ0n) is 6.71. The number of nitrogens with two attached hydrogens (primary N) is 1. The monoisotopic (exact) mass is 149 g/mol. The highest BCUT2D eigenvalue weighted by atomic mass is 16.4. The van der Waals surface area contributed by atoms with Gasteiger partial charge < -0.3 is 10.4 Å². The van der Waals surface area contributed by atoms with Crippen LogP contribution in [0, 0.1) is 0 Å². The fourth-order valence-electron chi connectivity index (χ4n) is 0.938. The van der Waals surface area contributed by atoms with Crippen molar-refractivity contribution in [2.45, 2.75) is 13.2 Å². The van der Waals surface area contributed by atoms with E-state index in [-0.39, 0.29) is 0 Å². The third-order valence-electron chi connectivity index (χ3n) is 1.57. The van der Waals surface area contributed by atoms with Crippen LogP contribution in [0.5, 0.6) is 0 Å². The predicted octanol–water partition coefficient (Wildman–Crippen LogP) is 0.210. The van der Waals surface area contributed by atoms with Crippen LogP contribution in [0.15, 0.2) is 24.3 Å². The van der Waals surface area contributed by atoms with Crippen molar-refractivity contribution >= 4 is 8.05 Å². The molecule has 0 saturated heterocycles. The number of hydrogen-bond donors (Lipinski definition) is 1. The van der Waals surface area contributed by atoms with Gasteiger partial charge in [-0.25, -0.2) is 0 Å². The molecule has 0 aliphatic carbocycles. The molecule has 0 aliphatic heterocycles. The molecule has 2 nitrogen and oxygen atoms in total. The maximum absolute atomic E-state index is 5.44. The van der Waals surface area contributed by atoms with Gasteiger partial charge in [-0.05, 0) is 11.1 Å². The average Bonchev–Trinajstić information content (AvgIpc) is 2.07. The standard InChI is InChI=1S/C8H12BNO/c9-11-6-8-3-1-7(5-10)2-4-8/h1-4H,5-6,9-10H2. The van der Waals surface area contributed by atoms with Crippen molar-refractivity contribution in [2.24, 2.45) is 5.73 Å². The van der Waals surface area contributed by atoms with E-state index in [4.69, 9.17) is 10.4 Å². The highest BCUT2D eigenvalue weighted by Gasteiger charge is 1.90. The molecule has 0 bridgehead atoms. The minimum atomic E-state index is 0.604. The van der Waals surface area contributed by atoms with Crippen LogP contribution in [0.4, 0.5) is 0 Å². The summed E-state index contributed by atoms with van der Waals surface area (Å²) in [6.45, 7) is 1.28. The highest BCUT2D eigenvalue weighted by molar-refractivity contribution is 5.97. The van der Waals surface area contributed by atoms with Crippen molar-refractivity contribution in [2.75, 3.05) is 0 Å². The smallest absolute Gasteiger partial charge is 0.257 e. The molecule has 0 atom stereocenters. The maximum atomic E-state index is 5.44. The summed E-state index contributed by atoms with van der Waals surface area (Å²) >= 11 is 0. The zero-order valence-corrected chi connectivity index (χ0v) is 6.71. The first kappa shape index (κ1) is 8.30. The van der Waals surface area contributed by atoms with Crippen LogP contribution in [0.1, 0.15) is 11.1 Å². The molecular formula is C8H12BNO. The number of rotatable bonds is 3. The van der Waals surface area contributed by atoms with E-state index < -0.39 is 0 Å². The van der Waals surface area contributed by atoms with E-state index >= 15 is 0 Å².